The van der Waals surface area contributed by atoms with Crippen LogP contribution >= 0.6 is 23.4 Å². The van der Waals surface area contributed by atoms with E-state index in [1.54, 1.807) is 12.1 Å². The molecule has 1 unspecified atom stereocenters. The van der Waals surface area contributed by atoms with Gasteiger partial charge in [-0.3, -0.25) is 9.59 Å². The largest absolute Gasteiger partial charge is 0.325 e. The van der Waals surface area contributed by atoms with E-state index in [4.69, 9.17) is 11.6 Å². The second kappa shape index (κ2) is 12.2. The normalized spacial score (nSPS) is 11.7. The van der Waals surface area contributed by atoms with Crippen LogP contribution in [-0.2, 0) is 9.59 Å². The number of rotatable bonds is 8. The fourth-order valence-corrected chi connectivity index (χ4v) is 4.65. The molecule has 36 heavy (non-hydrogen) atoms. The lowest BCUT2D eigenvalue weighted by atomic mass is 10.1. The molecule has 2 N–H and O–H groups in total. The van der Waals surface area contributed by atoms with Gasteiger partial charge in [0, 0.05) is 22.3 Å². The molecule has 0 saturated heterocycles. The van der Waals surface area contributed by atoms with Gasteiger partial charge in [-0.15, -0.1) is 11.8 Å². The number of thioether (sulfide) groups is 1. The van der Waals surface area contributed by atoms with Crippen molar-refractivity contribution in [1.29, 1.82) is 0 Å². The third kappa shape index (κ3) is 7.07. The summed E-state index contributed by atoms with van der Waals surface area (Å²) in [6.07, 6.45) is 3.22. The summed E-state index contributed by atoms with van der Waals surface area (Å²) in [7, 11) is 0. The van der Waals surface area contributed by atoms with Crippen LogP contribution in [0.2, 0.25) is 5.02 Å². The Morgan fingerprint density at radius 2 is 1.50 bits per heavy atom. The van der Waals surface area contributed by atoms with E-state index in [2.05, 4.69) is 10.6 Å². The van der Waals surface area contributed by atoms with E-state index in [1.807, 2.05) is 78.9 Å². The maximum atomic E-state index is 13.5. The zero-order valence-electron chi connectivity index (χ0n) is 19.0. The van der Waals surface area contributed by atoms with Gasteiger partial charge < -0.3 is 10.6 Å². The lowest BCUT2D eigenvalue weighted by molar-refractivity contribution is -0.116. The molecule has 4 aromatic rings. The average Bonchev–Trinajstić information content (AvgIpc) is 2.89. The Hall–Kier alpha value is -3.87. The molecule has 4 rings (SSSR count). The predicted octanol–water partition coefficient (Wildman–Crippen LogP) is 7.60. The van der Waals surface area contributed by atoms with E-state index in [0.29, 0.717) is 11.4 Å². The highest BCUT2D eigenvalue weighted by atomic mass is 35.5. The first-order valence-electron chi connectivity index (χ1n) is 11.1. The number of halogens is 2. The second-order valence-corrected chi connectivity index (χ2v) is 9.37. The van der Waals surface area contributed by atoms with Crippen molar-refractivity contribution in [3.8, 4) is 0 Å². The first-order valence-corrected chi connectivity index (χ1v) is 12.4. The van der Waals surface area contributed by atoms with E-state index in [-0.39, 0.29) is 16.8 Å². The van der Waals surface area contributed by atoms with Gasteiger partial charge in [-0.25, -0.2) is 4.39 Å². The van der Waals surface area contributed by atoms with E-state index in [0.717, 1.165) is 16.0 Å². The molecule has 0 saturated carbocycles. The SMILES string of the molecule is O=C(/C=C/c1ccccc1)Nc1cccc(SC(C(=O)Nc2ccc(F)c(Cl)c2)c2ccccc2)c1. The van der Waals surface area contributed by atoms with Crippen molar-refractivity contribution in [2.75, 3.05) is 10.6 Å². The van der Waals surface area contributed by atoms with Crippen LogP contribution in [0.25, 0.3) is 6.08 Å². The standard InChI is InChI=1S/C29H22ClFN2O2S/c30-25-19-23(15-16-26(25)31)33-29(35)28(21-10-5-2-6-11-21)36-24-13-7-12-22(18-24)32-27(34)17-14-20-8-3-1-4-9-20/h1-19,28H,(H,32,34)(H,33,35)/b17-14+. The zero-order valence-corrected chi connectivity index (χ0v) is 20.6. The molecule has 0 bridgehead atoms. The van der Waals surface area contributed by atoms with Crippen LogP contribution in [0.15, 0.2) is 114 Å². The molecular weight excluding hydrogens is 495 g/mol. The second-order valence-electron chi connectivity index (χ2n) is 7.79. The topological polar surface area (TPSA) is 58.2 Å². The minimum Gasteiger partial charge on any atom is -0.325 e. The van der Waals surface area contributed by atoms with E-state index in [1.165, 1.54) is 36.0 Å². The summed E-state index contributed by atoms with van der Waals surface area (Å²) >= 11 is 7.21. The van der Waals surface area contributed by atoms with Gasteiger partial charge in [-0.1, -0.05) is 78.3 Å². The number of anilines is 2. The highest BCUT2D eigenvalue weighted by Crippen LogP contribution is 2.37. The summed E-state index contributed by atoms with van der Waals surface area (Å²) in [5.74, 6) is -1.10. The third-order valence-electron chi connectivity index (χ3n) is 5.11. The van der Waals surface area contributed by atoms with Crippen LogP contribution in [0.5, 0.6) is 0 Å². The van der Waals surface area contributed by atoms with Crippen LogP contribution in [0.1, 0.15) is 16.4 Å². The maximum Gasteiger partial charge on any atom is 0.248 e. The molecule has 0 aliphatic rings. The Morgan fingerprint density at radius 1 is 0.806 bits per heavy atom. The summed E-state index contributed by atoms with van der Waals surface area (Å²) < 4.78 is 13.5. The predicted molar refractivity (Wildman–Crippen MR) is 146 cm³/mol. The Bertz CT molecular complexity index is 1380. The summed E-state index contributed by atoms with van der Waals surface area (Å²) in [6.45, 7) is 0. The molecule has 2 amide bonds. The van der Waals surface area contributed by atoms with E-state index in [9.17, 15) is 14.0 Å². The summed E-state index contributed by atoms with van der Waals surface area (Å²) in [6, 6.07) is 30.2. The number of carbonyl (C=O) groups is 2. The number of amides is 2. The Morgan fingerprint density at radius 3 is 2.22 bits per heavy atom. The summed E-state index contributed by atoms with van der Waals surface area (Å²) in [5.41, 5.74) is 2.74. The molecule has 7 heteroatoms. The van der Waals surface area contributed by atoms with Crippen LogP contribution in [0, 0.1) is 5.82 Å². The third-order valence-corrected chi connectivity index (χ3v) is 6.65. The lowest BCUT2D eigenvalue weighted by Gasteiger charge is -2.18. The molecular formula is C29H22ClFN2O2S. The lowest BCUT2D eigenvalue weighted by Crippen LogP contribution is -2.19. The fraction of sp³-hybridized carbons (Fsp3) is 0.0345. The highest BCUT2D eigenvalue weighted by molar-refractivity contribution is 8.00. The Labute approximate surface area is 218 Å². The van der Waals surface area contributed by atoms with Gasteiger partial charge in [0.1, 0.15) is 11.1 Å². The number of hydrogen-bond acceptors (Lipinski definition) is 3. The quantitative estimate of drug-likeness (QED) is 0.187. The zero-order chi connectivity index (χ0) is 25.3. The molecule has 0 heterocycles. The van der Waals surface area contributed by atoms with Gasteiger partial charge in [-0.05, 0) is 53.6 Å². The molecule has 0 radical (unpaired) electrons. The molecule has 180 valence electrons. The number of carbonyl (C=O) groups excluding carboxylic acids is 2. The Balaban J connectivity index is 1.49. The highest BCUT2D eigenvalue weighted by Gasteiger charge is 2.22. The fourth-order valence-electron chi connectivity index (χ4n) is 3.39. The van der Waals surface area contributed by atoms with Crippen LogP contribution in [0.3, 0.4) is 0 Å². The summed E-state index contributed by atoms with van der Waals surface area (Å²) in [5, 5.41) is 5.01. The van der Waals surface area contributed by atoms with Crippen molar-refractivity contribution in [3.05, 3.63) is 131 Å². The average molecular weight is 517 g/mol. The van der Waals surface area contributed by atoms with Crippen molar-refractivity contribution in [3.63, 3.8) is 0 Å². The van der Waals surface area contributed by atoms with Crippen molar-refractivity contribution < 1.29 is 14.0 Å². The number of hydrogen-bond donors (Lipinski definition) is 2. The molecule has 0 fully saturated rings. The minimum absolute atomic E-state index is 0.0681. The Kier molecular flexibility index (Phi) is 8.55. The van der Waals surface area contributed by atoms with Crippen molar-refractivity contribution in [1.82, 2.24) is 0 Å². The van der Waals surface area contributed by atoms with E-state index < -0.39 is 11.1 Å². The number of nitrogens with one attached hydrogen (secondary N) is 2. The van der Waals surface area contributed by atoms with Crippen LogP contribution in [0.4, 0.5) is 15.8 Å². The monoisotopic (exact) mass is 516 g/mol. The first-order chi connectivity index (χ1) is 17.5. The molecule has 4 nitrogen and oxygen atoms in total. The molecule has 0 spiro atoms. The van der Waals surface area contributed by atoms with Gasteiger partial charge in [-0.2, -0.15) is 0 Å². The van der Waals surface area contributed by atoms with Crippen molar-refractivity contribution in [2.24, 2.45) is 0 Å². The molecule has 1 atom stereocenters. The summed E-state index contributed by atoms with van der Waals surface area (Å²) in [4.78, 5) is 26.4. The van der Waals surface area contributed by atoms with E-state index >= 15 is 0 Å². The van der Waals surface area contributed by atoms with Gasteiger partial charge >= 0.3 is 0 Å². The molecule has 0 aliphatic heterocycles. The number of benzene rings is 4. The smallest absolute Gasteiger partial charge is 0.248 e. The van der Waals surface area contributed by atoms with Gasteiger partial charge in [0.05, 0.1) is 5.02 Å². The maximum absolute atomic E-state index is 13.5. The van der Waals surface area contributed by atoms with Gasteiger partial charge in [0.15, 0.2) is 0 Å². The molecule has 4 aromatic carbocycles. The van der Waals surface area contributed by atoms with Gasteiger partial charge in [0.2, 0.25) is 11.8 Å². The van der Waals surface area contributed by atoms with Gasteiger partial charge in [0.25, 0.3) is 0 Å². The minimum atomic E-state index is -0.598. The van der Waals surface area contributed by atoms with Crippen molar-refractivity contribution in [2.45, 2.75) is 10.1 Å². The van der Waals surface area contributed by atoms with Crippen molar-refractivity contribution >= 4 is 52.6 Å². The molecule has 0 aliphatic carbocycles. The first kappa shape index (κ1) is 25.2. The molecule has 0 aromatic heterocycles. The van der Waals surface area contributed by atoms with Crippen LogP contribution in [-0.4, -0.2) is 11.8 Å². The van der Waals surface area contributed by atoms with Crippen LogP contribution < -0.4 is 10.6 Å².